The van der Waals surface area contributed by atoms with Crippen molar-refractivity contribution in [3.63, 3.8) is 0 Å². The summed E-state index contributed by atoms with van der Waals surface area (Å²) in [5.41, 5.74) is 5.89. The average Bonchev–Trinajstić information content (AvgIpc) is 3.30. The van der Waals surface area contributed by atoms with Crippen LogP contribution in [0.15, 0.2) is 85.1 Å². The topological polar surface area (TPSA) is 74.6 Å². The van der Waals surface area contributed by atoms with Crippen molar-refractivity contribution in [2.75, 3.05) is 14.2 Å². The van der Waals surface area contributed by atoms with E-state index in [0.29, 0.717) is 28.3 Å². The number of methoxy groups -OCH3 is 2. The largest absolute Gasteiger partial charge is 0.493 e. The molecule has 162 valence electrons. The molecule has 3 aromatic carbocycles. The van der Waals surface area contributed by atoms with E-state index in [9.17, 15) is 4.79 Å². The molecule has 1 amide bonds. The Kier molecular flexibility index (Phi) is 6.48. The van der Waals surface area contributed by atoms with E-state index in [0.717, 1.165) is 11.3 Å². The lowest BCUT2D eigenvalue weighted by atomic mass is 10.1. The maximum Gasteiger partial charge on any atom is 0.278 e. The molecule has 1 N–H and O–H groups in total. The van der Waals surface area contributed by atoms with Gasteiger partial charge in [-0.2, -0.15) is 5.10 Å². The zero-order chi connectivity index (χ0) is 22.3. The molecule has 7 nitrogen and oxygen atoms in total. The van der Waals surface area contributed by atoms with Gasteiger partial charge in [0.1, 0.15) is 5.69 Å². The Morgan fingerprint density at radius 3 is 2.28 bits per heavy atom. The van der Waals surface area contributed by atoms with Crippen molar-refractivity contribution in [2.24, 2.45) is 0 Å². The maximum atomic E-state index is 13.0. The molecule has 1 heterocycles. The SMILES string of the molecule is COc1ccc(-c2nn(-c3ccccc3)cc2C(=O)NOCc2ccccc2)cc1OC. The van der Waals surface area contributed by atoms with Crippen LogP contribution < -0.4 is 15.0 Å². The summed E-state index contributed by atoms with van der Waals surface area (Å²) in [6.07, 6.45) is 1.68. The number of hydroxylamine groups is 1. The molecule has 1 aromatic heterocycles. The first-order valence-corrected chi connectivity index (χ1v) is 10.0. The van der Waals surface area contributed by atoms with Crippen molar-refractivity contribution in [3.8, 4) is 28.4 Å². The molecule has 0 saturated heterocycles. The highest BCUT2D eigenvalue weighted by molar-refractivity contribution is 5.99. The van der Waals surface area contributed by atoms with E-state index in [1.165, 1.54) is 0 Å². The second-order valence-electron chi connectivity index (χ2n) is 6.95. The Hall–Kier alpha value is -4.10. The molecule has 0 fully saturated rings. The van der Waals surface area contributed by atoms with Gasteiger partial charge in [-0.1, -0.05) is 48.5 Å². The highest BCUT2D eigenvalue weighted by Crippen LogP contribution is 2.33. The fourth-order valence-electron chi connectivity index (χ4n) is 3.26. The van der Waals surface area contributed by atoms with Crippen molar-refractivity contribution >= 4 is 5.91 Å². The monoisotopic (exact) mass is 429 g/mol. The normalized spacial score (nSPS) is 10.6. The summed E-state index contributed by atoms with van der Waals surface area (Å²) >= 11 is 0. The average molecular weight is 429 g/mol. The number of carbonyl (C=O) groups is 1. The maximum absolute atomic E-state index is 13.0. The highest BCUT2D eigenvalue weighted by atomic mass is 16.6. The first-order valence-electron chi connectivity index (χ1n) is 10.0. The Morgan fingerprint density at radius 2 is 1.59 bits per heavy atom. The third-order valence-corrected chi connectivity index (χ3v) is 4.88. The fraction of sp³-hybridized carbons (Fsp3) is 0.120. The summed E-state index contributed by atoms with van der Waals surface area (Å²) in [6, 6.07) is 24.6. The summed E-state index contributed by atoms with van der Waals surface area (Å²) in [6.45, 7) is 0.255. The van der Waals surface area contributed by atoms with Crippen molar-refractivity contribution in [1.29, 1.82) is 0 Å². The molecule has 0 aliphatic heterocycles. The van der Waals surface area contributed by atoms with E-state index in [4.69, 9.17) is 14.3 Å². The first-order chi connectivity index (χ1) is 15.7. The minimum Gasteiger partial charge on any atom is -0.493 e. The van der Waals surface area contributed by atoms with Crippen LogP contribution in [0.4, 0.5) is 0 Å². The summed E-state index contributed by atoms with van der Waals surface area (Å²) in [5.74, 6) is 0.745. The third-order valence-electron chi connectivity index (χ3n) is 4.88. The van der Waals surface area contributed by atoms with Gasteiger partial charge in [0.2, 0.25) is 0 Å². The Balaban J connectivity index is 1.65. The number of ether oxygens (including phenoxy) is 2. The van der Waals surface area contributed by atoms with Crippen LogP contribution in [0.2, 0.25) is 0 Å². The molecule has 4 rings (SSSR count). The number of nitrogens with one attached hydrogen (secondary N) is 1. The lowest BCUT2D eigenvalue weighted by molar-refractivity contribution is 0.0234. The lowest BCUT2D eigenvalue weighted by Gasteiger charge is -2.10. The van der Waals surface area contributed by atoms with Crippen molar-refractivity contribution in [3.05, 3.63) is 96.2 Å². The number of para-hydroxylation sites is 1. The summed E-state index contributed by atoms with van der Waals surface area (Å²) in [5, 5.41) is 4.67. The van der Waals surface area contributed by atoms with Crippen molar-refractivity contribution in [1.82, 2.24) is 15.3 Å². The zero-order valence-electron chi connectivity index (χ0n) is 17.8. The van der Waals surface area contributed by atoms with Gasteiger partial charge in [0, 0.05) is 11.8 Å². The molecule has 0 saturated carbocycles. The minimum atomic E-state index is -0.395. The molecular weight excluding hydrogens is 406 g/mol. The van der Waals surface area contributed by atoms with Gasteiger partial charge in [0.15, 0.2) is 11.5 Å². The summed E-state index contributed by atoms with van der Waals surface area (Å²) in [4.78, 5) is 18.4. The number of benzene rings is 3. The zero-order valence-corrected chi connectivity index (χ0v) is 17.8. The molecule has 32 heavy (non-hydrogen) atoms. The summed E-state index contributed by atoms with van der Waals surface area (Å²) < 4.78 is 12.4. The van der Waals surface area contributed by atoms with Crippen LogP contribution in [0.3, 0.4) is 0 Å². The summed E-state index contributed by atoms with van der Waals surface area (Å²) in [7, 11) is 3.14. The first kappa shape index (κ1) is 21.1. The molecule has 0 atom stereocenters. The number of aromatic nitrogens is 2. The van der Waals surface area contributed by atoms with Crippen LogP contribution in [-0.4, -0.2) is 29.9 Å². The molecule has 0 aliphatic carbocycles. The predicted octanol–water partition coefficient (Wildman–Crippen LogP) is 4.42. The van der Waals surface area contributed by atoms with Crippen LogP contribution in [0.1, 0.15) is 15.9 Å². The van der Waals surface area contributed by atoms with Crippen LogP contribution in [0.25, 0.3) is 16.9 Å². The number of nitrogens with zero attached hydrogens (tertiary/aromatic N) is 2. The predicted molar refractivity (Wildman–Crippen MR) is 121 cm³/mol. The highest BCUT2D eigenvalue weighted by Gasteiger charge is 2.20. The minimum absolute atomic E-state index is 0.255. The molecule has 0 unspecified atom stereocenters. The van der Waals surface area contributed by atoms with Crippen LogP contribution in [-0.2, 0) is 11.4 Å². The van der Waals surface area contributed by atoms with Gasteiger partial charge >= 0.3 is 0 Å². The van der Waals surface area contributed by atoms with Gasteiger partial charge in [-0.15, -0.1) is 0 Å². The molecule has 0 radical (unpaired) electrons. The van der Waals surface area contributed by atoms with Gasteiger partial charge in [-0.25, -0.2) is 10.2 Å². The van der Waals surface area contributed by atoms with Crippen molar-refractivity contribution in [2.45, 2.75) is 6.61 Å². The quantitative estimate of drug-likeness (QED) is 0.420. The number of carbonyl (C=O) groups excluding carboxylic acids is 1. The fourth-order valence-corrected chi connectivity index (χ4v) is 3.26. The van der Waals surface area contributed by atoms with E-state index >= 15 is 0 Å². The van der Waals surface area contributed by atoms with Gasteiger partial charge in [0.05, 0.1) is 32.1 Å². The van der Waals surface area contributed by atoms with E-state index in [-0.39, 0.29) is 6.61 Å². The molecule has 4 aromatic rings. The second kappa shape index (κ2) is 9.80. The molecule has 0 aliphatic rings. The van der Waals surface area contributed by atoms with Gasteiger partial charge < -0.3 is 9.47 Å². The lowest BCUT2D eigenvalue weighted by Crippen LogP contribution is -2.23. The smallest absolute Gasteiger partial charge is 0.278 e. The third kappa shape index (κ3) is 4.63. The molecule has 7 heteroatoms. The van der Waals surface area contributed by atoms with Crippen molar-refractivity contribution < 1.29 is 19.1 Å². The standard InChI is InChI=1S/C25H23N3O4/c1-30-22-14-13-19(15-23(22)31-2)24-21(16-28(26-24)20-11-7-4-8-12-20)25(29)27-32-17-18-9-5-3-6-10-18/h3-16H,17H2,1-2H3,(H,27,29). The van der Waals surface area contributed by atoms with Gasteiger partial charge in [-0.3, -0.25) is 9.63 Å². The number of hydrogen-bond acceptors (Lipinski definition) is 5. The van der Waals surface area contributed by atoms with Gasteiger partial charge in [0.25, 0.3) is 5.91 Å². The van der Waals surface area contributed by atoms with Crippen LogP contribution in [0.5, 0.6) is 11.5 Å². The van der Waals surface area contributed by atoms with Gasteiger partial charge in [-0.05, 0) is 35.9 Å². The van der Waals surface area contributed by atoms with E-state index in [1.54, 1.807) is 37.2 Å². The van der Waals surface area contributed by atoms with E-state index < -0.39 is 5.91 Å². The van der Waals surface area contributed by atoms with Crippen LogP contribution in [0, 0.1) is 0 Å². The van der Waals surface area contributed by atoms with E-state index in [2.05, 4.69) is 10.6 Å². The number of amides is 1. The Bertz CT molecular complexity index is 1190. The number of rotatable bonds is 8. The second-order valence-corrected chi connectivity index (χ2v) is 6.95. The van der Waals surface area contributed by atoms with Crippen LogP contribution >= 0.6 is 0 Å². The Morgan fingerprint density at radius 1 is 0.906 bits per heavy atom. The number of hydrogen-bond donors (Lipinski definition) is 1. The molecular formula is C25H23N3O4. The molecule has 0 spiro atoms. The molecule has 0 bridgehead atoms. The van der Waals surface area contributed by atoms with E-state index in [1.807, 2.05) is 66.7 Å². The Labute approximate surface area is 186 Å².